The minimum absolute atomic E-state index is 0.104. The molecule has 0 unspecified atom stereocenters. The van der Waals surface area contributed by atoms with Gasteiger partial charge in [-0.1, -0.05) is 19.1 Å². The van der Waals surface area contributed by atoms with Crippen LogP contribution in [-0.2, 0) is 5.92 Å². The third kappa shape index (κ3) is 5.56. The number of aromatic nitrogens is 2. The summed E-state index contributed by atoms with van der Waals surface area (Å²) in [6, 6.07) is 11.3. The van der Waals surface area contributed by atoms with E-state index in [1.807, 2.05) is 0 Å². The van der Waals surface area contributed by atoms with Crippen molar-refractivity contribution in [3.63, 3.8) is 0 Å². The lowest BCUT2D eigenvalue weighted by molar-refractivity contribution is -0.0500. The Hall–Kier alpha value is -3.49. The zero-order chi connectivity index (χ0) is 22.6. The Kier molecular flexibility index (Phi) is 6.53. The standard InChI is InChI=1S/C22H19F4N3O2/c1-3-22(25,26)15-5-4-6-16(11-15)29-20(30)14-9-13(2)28-19(10-14)18-8-7-17(12-27-18)31-21(23)24/h4-12,21H,3H2,1-2H3,(H,29,30). The topological polar surface area (TPSA) is 64.1 Å². The Morgan fingerprint density at radius 2 is 1.90 bits per heavy atom. The molecule has 31 heavy (non-hydrogen) atoms. The second-order valence-corrected chi connectivity index (χ2v) is 6.73. The molecule has 0 fully saturated rings. The predicted octanol–water partition coefficient (Wildman–Crippen LogP) is 5.81. The number of alkyl halides is 4. The van der Waals surface area contributed by atoms with Crippen LogP contribution in [-0.4, -0.2) is 22.5 Å². The van der Waals surface area contributed by atoms with Crippen LogP contribution in [0.4, 0.5) is 23.2 Å². The molecule has 0 bridgehead atoms. The number of hydrogen-bond donors (Lipinski definition) is 1. The van der Waals surface area contributed by atoms with E-state index in [0.29, 0.717) is 17.1 Å². The zero-order valence-electron chi connectivity index (χ0n) is 16.7. The Morgan fingerprint density at radius 3 is 2.55 bits per heavy atom. The molecule has 0 aliphatic heterocycles. The fourth-order valence-electron chi connectivity index (χ4n) is 2.87. The monoisotopic (exact) mass is 433 g/mol. The average Bonchev–Trinajstić information content (AvgIpc) is 2.73. The number of halogens is 4. The molecule has 0 aliphatic carbocycles. The normalized spacial score (nSPS) is 11.5. The van der Waals surface area contributed by atoms with Gasteiger partial charge in [-0.3, -0.25) is 14.8 Å². The number of hydrogen-bond acceptors (Lipinski definition) is 4. The van der Waals surface area contributed by atoms with Crippen molar-refractivity contribution in [2.45, 2.75) is 32.8 Å². The van der Waals surface area contributed by atoms with Crippen LogP contribution in [0.5, 0.6) is 5.75 Å². The van der Waals surface area contributed by atoms with Gasteiger partial charge in [-0.15, -0.1) is 0 Å². The van der Waals surface area contributed by atoms with Gasteiger partial charge in [-0.05, 0) is 43.3 Å². The summed E-state index contributed by atoms with van der Waals surface area (Å²) < 4.78 is 56.7. The molecule has 1 aromatic carbocycles. The third-order valence-electron chi connectivity index (χ3n) is 4.43. The van der Waals surface area contributed by atoms with E-state index >= 15 is 0 Å². The molecule has 3 aromatic rings. The molecule has 0 atom stereocenters. The van der Waals surface area contributed by atoms with Crippen molar-refractivity contribution in [1.82, 2.24) is 9.97 Å². The fraction of sp³-hybridized carbons (Fsp3) is 0.227. The number of amides is 1. The van der Waals surface area contributed by atoms with Crippen molar-refractivity contribution in [3.8, 4) is 17.1 Å². The first-order valence-corrected chi connectivity index (χ1v) is 9.37. The highest BCUT2D eigenvalue weighted by Gasteiger charge is 2.29. The van der Waals surface area contributed by atoms with Crippen LogP contribution in [0, 0.1) is 6.92 Å². The molecule has 9 heteroatoms. The smallest absolute Gasteiger partial charge is 0.387 e. The molecule has 1 N–H and O–H groups in total. The Labute approximate surface area is 176 Å². The molecule has 162 valence electrons. The summed E-state index contributed by atoms with van der Waals surface area (Å²) in [5.41, 5.74) is 1.51. The van der Waals surface area contributed by atoms with Crippen molar-refractivity contribution in [1.29, 1.82) is 0 Å². The van der Waals surface area contributed by atoms with E-state index in [4.69, 9.17) is 0 Å². The van der Waals surface area contributed by atoms with E-state index in [9.17, 15) is 22.4 Å². The fourth-order valence-corrected chi connectivity index (χ4v) is 2.87. The third-order valence-corrected chi connectivity index (χ3v) is 4.43. The highest BCUT2D eigenvalue weighted by molar-refractivity contribution is 6.04. The largest absolute Gasteiger partial charge is 0.433 e. The number of rotatable bonds is 7. The van der Waals surface area contributed by atoms with Gasteiger partial charge in [0.1, 0.15) is 5.75 Å². The van der Waals surface area contributed by atoms with Crippen LogP contribution in [0.25, 0.3) is 11.4 Å². The van der Waals surface area contributed by atoms with E-state index < -0.39 is 18.4 Å². The molecule has 0 radical (unpaired) electrons. The molecular formula is C22H19F4N3O2. The first-order chi connectivity index (χ1) is 14.7. The Morgan fingerprint density at radius 1 is 1.13 bits per heavy atom. The minimum atomic E-state index is -2.99. The predicted molar refractivity (Wildman–Crippen MR) is 107 cm³/mol. The summed E-state index contributed by atoms with van der Waals surface area (Å²) in [6.07, 6.45) is 0.774. The minimum Gasteiger partial charge on any atom is -0.433 e. The highest BCUT2D eigenvalue weighted by atomic mass is 19.3. The van der Waals surface area contributed by atoms with Gasteiger partial charge in [0.15, 0.2) is 0 Å². The number of anilines is 1. The number of benzene rings is 1. The average molecular weight is 433 g/mol. The van der Waals surface area contributed by atoms with E-state index in [2.05, 4.69) is 20.0 Å². The molecule has 0 aliphatic rings. The first kappa shape index (κ1) is 22.2. The number of nitrogens with zero attached hydrogens (tertiary/aromatic N) is 2. The Bertz CT molecular complexity index is 1070. The molecular weight excluding hydrogens is 414 g/mol. The lowest BCUT2D eigenvalue weighted by Crippen LogP contribution is -2.15. The van der Waals surface area contributed by atoms with Crippen LogP contribution >= 0.6 is 0 Å². The first-order valence-electron chi connectivity index (χ1n) is 9.37. The quantitative estimate of drug-likeness (QED) is 0.478. The summed E-state index contributed by atoms with van der Waals surface area (Å²) in [6.45, 7) is 0.0970. The number of aryl methyl sites for hydroxylation is 1. The van der Waals surface area contributed by atoms with Crippen LogP contribution in [0.2, 0.25) is 0 Å². The van der Waals surface area contributed by atoms with Gasteiger partial charge < -0.3 is 10.1 Å². The number of ether oxygens (including phenoxy) is 1. The molecule has 1 amide bonds. The maximum atomic E-state index is 13.9. The lowest BCUT2D eigenvalue weighted by atomic mass is 10.1. The SMILES string of the molecule is CCC(F)(F)c1cccc(NC(=O)c2cc(C)nc(-c3ccc(OC(F)F)cn3)c2)c1. The van der Waals surface area contributed by atoms with E-state index in [-0.39, 0.29) is 29.0 Å². The van der Waals surface area contributed by atoms with E-state index in [0.717, 1.165) is 6.20 Å². The van der Waals surface area contributed by atoms with Gasteiger partial charge in [0.05, 0.1) is 17.6 Å². The van der Waals surface area contributed by atoms with Crippen molar-refractivity contribution in [2.75, 3.05) is 5.32 Å². The summed E-state index contributed by atoms with van der Waals surface area (Å²) in [5.74, 6) is -3.61. The van der Waals surface area contributed by atoms with Crippen LogP contribution < -0.4 is 10.1 Å². The van der Waals surface area contributed by atoms with Gasteiger partial charge in [0.25, 0.3) is 11.8 Å². The second-order valence-electron chi connectivity index (χ2n) is 6.73. The summed E-state index contributed by atoms with van der Waals surface area (Å²) in [7, 11) is 0. The summed E-state index contributed by atoms with van der Waals surface area (Å²) in [5, 5.41) is 2.61. The molecule has 3 rings (SSSR count). The maximum Gasteiger partial charge on any atom is 0.387 e. The van der Waals surface area contributed by atoms with E-state index in [1.165, 1.54) is 55.5 Å². The van der Waals surface area contributed by atoms with Gasteiger partial charge in [-0.2, -0.15) is 8.78 Å². The zero-order valence-corrected chi connectivity index (χ0v) is 16.7. The van der Waals surface area contributed by atoms with Crippen molar-refractivity contribution in [3.05, 3.63) is 71.5 Å². The number of nitrogens with one attached hydrogen (secondary N) is 1. The number of carbonyl (C=O) groups excluding carboxylic acids is 1. The lowest BCUT2D eigenvalue weighted by Gasteiger charge is -2.15. The Balaban J connectivity index is 1.83. The van der Waals surface area contributed by atoms with Crippen molar-refractivity contribution < 1.29 is 27.1 Å². The van der Waals surface area contributed by atoms with Crippen LogP contribution in [0.3, 0.4) is 0 Å². The number of carbonyl (C=O) groups is 1. The van der Waals surface area contributed by atoms with Gasteiger partial charge in [0, 0.05) is 28.9 Å². The van der Waals surface area contributed by atoms with Gasteiger partial charge >= 0.3 is 6.61 Å². The van der Waals surface area contributed by atoms with Crippen molar-refractivity contribution >= 4 is 11.6 Å². The summed E-state index contributed by atoms with van der Waals surface area (Å²) >= 11 is 0. The van der Waals surface area contributed by atoms with Crippen LogP contribution in [0.15, 0.2) is 54.7 Å². The summed E-state index contributed by atoms with van der Waals surface area (Å²) in [4.78, 5) is 21.1. The number of pyridine rings is 2. The maximum absolute atomic E-state index is 13.9. The van der Waals surface area contributed by atoms with Crippen molar-refractivity contribution in [2.24, 2.45) is 0 Å². The molecule has 0 spiro atoms. The molecule has 5 nitrogen and oxygen atoms in total. The molecule has 2 aromatic heterocycles. The molecule has 2 heterocycles. The van der Waals surface area contributed by atoms with Crippen LogP contribution in [0.1, 0.15) is 35.0 Å². The van der Waals surface area contributed by atoms with E-state index in [1.54, 1.807) is 6.92 Å². The molecule has 0 saturated carbocycles. The van der Waals surface area contributed by atoms with Gasteiger partial charge in [-0.25, -0.2) is 8.78 Å². The second kappa shape index (κ2) is 9.11. The van der Waals surface area contributed by atoms with Gasteiger partial charge in [0.2, 0.25) is 0 Å². The highest BCUT2D eigenvalue weighted by Crippen LogP contribution is 2.32. The molecule has 0 saturated heterocycles.